The molecule has 0 unspecified atom stereocenters. The molecule has 0 aromatic heterocycles. The highest BCUT2D eigenvalue weighted by Gasteiger charge is 2.27. The molecule has 3 aromatic rings. The van der Waals surface area contributed by atoms with Crippen molar-refractivity contribution < 1.29 is 22.7 Å². The molecule has 0 saturated carbocycles. The van der Waals surface area contributed by atoms with E-state index in [4.69, 9.17) is 4.74 Å². The highest BCUT2D eigenvalue weighted by atomic mass is 32.2. The maximum atomic E-state index is 13.6. The number of anilines is 2. The van der Waals surface area contributed by atoms with E-state index in [1.807, 2.05) is 26.0 Å². The van der Waals surface area contributed by atoms with Crippen LogP contribution in [0.2, 0.25) is 0 Å². The summed E-state index contributed by atoms with van der Waals surface area (Å²) < 4.78 is 33.2. The molecule has 8 nitrogen and oxygen atoms in total. The van der Waals surface area contributed by atoms with Gasteiger partial charge in [0.15, 0.2) is 0 Å². The third-order valence-electron chi connectivity index (χ3n) is 5.72. The fraction of sp³-hybridized carbons (Fsp3) is 0.286. The van der Waals surface area contributed by atoms with Crippen molar-refractivity contribution in [2.75, 3.05) is 36.4 Å². The maximum Gasteiger partial charge on any atom is 0.264 e. The summed E-state index contributed by atoms with van der Waals surface area (Å²) in [6.45, 7) is 4.56. The van der Waals surface area contributed by atoms with Crippen molar-refractivity contribution in [3.8, 4) is 0 Å². The quantitative estimate of drug-likeness (QED) is 0.342. The number of benzene rings is 3. The van der Waals surface area contributed by atoms with Crippen molar-refractivity contribution in [3.05, 3.63) is 90.0 Å². The Hall–Kier alpha value is -3.69. The second-order valence-corrected chi connectivity index (χ2v) is 10.6. The Balaban J connectivity index is 1.85. The minimum atomic E-state index is -4.04. The first-order chi connectivity index (χ1) is 17.7. The van der Waals surface area contributed by atoms with Crippen molar-refractivity contribution in [1.82, 2.24) is 5.32 Å². The van der Waals surface area contributed by atoms with E-state index in [1.54, 1.807) is 61.7 Å². The second-order valence-electron chi connectivity index (χ2n) is 8.77. The van der Waals surface area contributed by atoms with E-state index in [0.717, 1.165) is 9.87 Å². The molecular formula is C28H33N3O5S. The van der Waals surface area contributed by atoms with Crippen LogP contribution in [0.4, 0.5) is 11.4 Å². The molecule has 3 aromatic carbocycles. The van der Waals surface area contributed by atoms with Gasteiger partial charge < -0.3 is 15.4 Å². The number of methoxy groups -OCH3 is 1. The first-order valence-corrected chi connectivity index (χ1v) is 13.5. The van der Waals surface area contributed by atoms with Gasteiger partial charge >= 0.3 is 0 Å². The molecule has 2 amide bonds. The van der Waals surface area contributed by atoms with Gasteiger partial charge in [-0.3, -0.25) is 13.9 Å². The minimum absolute atomic E-state index is 0.0755. The van der Waals surface area contributed by atoms with E-state index in [2.05, 4.69) is 10.6 Å². The summed E-state index contributed by atoms with van der Waals surface area (Å²) in [7, 11) is -2.45. The number of amides is 2. The zero-order valence-corrected chi connectivity index (χ0v) is 22.1. The lowest BCUT2D eigenvalue weighted by molar-refractivity contribution is -0.114. The number of rotatable bonds is 12. The fourth-order valence-corrected chi connectivity index (χ4v) is 5.13. The van der Waals surface area contributed by atoms with Crippen molar-refractivity contribution >= 4 is 33.2 Å². The van der Waals surface area contributed by atoms with Crippen LogP contribution >= 0.6 is 0 Å². The van der Waals surface area contributed by atoms with E-state index >= 15 is 0 Å². The van der Waals surface area contributed by atoms with Crippen LogP contribution in [0, 0.1) is 0 Å². The average molecular weight is 524 g/mol. The Bertz CT molecular complexity index is 1290. The van der Waals surface area contributed by atoms with Gasteiger partial charge in [0.2, 0.25) is 5.91 Å². The third kappa shape index (κ3) is 7.41. The Morgan fingerprint density at radius 3 is 2.22 bits per heavy atom. The Morgan fingerprint density at radius 2 is 1.57 bits per heavy atom. The van der Waals surface area contributed by atoms with Crippen LogP contribution in [-0.4, -0.2) is 47.0 Å². The summed E-state index contributed by atoms with van der Waals surface area (Å²) in [6.07, 6.45) is 0.651. The number of sulfonamides is 1. The lowest BCUT2D eigenvalue weighted by Gasteiger charge is -2.25. The van der Waals surface area contributed by atoms with Crippen LogP contribution in [0.5, 0.6) is 0 Å². The highest BCUT2D eigenvalue weighted by Crippen LogP contribution is 2.26. The van der Waals surface area contributed by atoms with Crippen LogP contribution in [0.25, 0.3) is 0 Å². The first-order valence-electron chi connectivity index (χ1n) is 12.1. The van der Waals surface area contributed by atoms with Crippen molar-refractivity contribution in [2.45, 2.75) is 31.1 Å². The summed E-state index contributed by atoms with van der Waals surface area (Å²) in [4.78, 5) is 25.9. The molecule has 2 N–H and O–H groups in total. The third-order valence-corrected chi connectivity index (χ3v) is 7.51. The lowest BCUT2D eigenvalue weighted by Crippen LogP contribution is -2.38. The van der Waals surface area contributed by atoms with Crippen LogP contribution in [0.1, 0.15) is 42.1 Å². The maximum absolute atomic E-state index is 13.6. The Kier molecular flexibility index (Phi) is 9.82. The lowest BCUT2D eigenvalue weighted by atomic mass is 10.0. The summed E-state index contributed by atoms with van der Waals surface area (Å²) in [5.74, 6) is -0.647. The number of carbonyl (C=O) groups excluding carboxylic acids is 2. The van der Waals surface area contributed by atoms with Crippen LogP contribution in [-0.2, 0) is 19.6 Å². The van der Waals surface area contributed by atoms with Gasteiger partial charge in [-0.25, -0.2) is 8.42 Å². The van der Waals surface area contributed by atoms with Crippen molar-refractivity contribution in [2.24, 2.45) is 0 Å². The normalized spacial score (nSPS) is 11.2. The number of hydrogen-bond acceptors (Lipinski definition) is 5. The van der Waals surface area contributed by atoms with Gasteiger partial charge in [0.05, 0.1) is 21.8 Å². The summed E-state index contributed by atoms with van der Waals surface area (Å²) in [6, 6.07) is 21.7. The topological polar surface area (TPSA) is 105 Å². The predicted octanol–water partition coefficient (Wildman–Crippen LogP) is 4.41. The molecule has 0 radical (unpaired) electrons. The van der Waals surface area contributed by atoms with E-state index in [-0.39, 0.29) is 22.3 Å². The van der Waals surface area contributed by atoms with Gasteiger partial charge in [-0.15, -0.1) is 0 Å². The first kappa shape index (κ1) is 27.9. The molecule has 0 aliphatic rings. The molecule has 0 aliphatic heterocycles. The average Bonchev–Trinajstić information content (AvgIpc) is 2.90. The molecule has 0 bridgehead atoms. The van der Waals surface area contributed by atoms with Gasteiger partial charge in [-0.05, 0) is 54.3 Å². The van der Waals surface area contributed by atoms with E-state index < -0.39 is 22.5 Å². The molecular weight excluding hydrogens is 490 g/mol. The van der Waals surface area contributed by atoms with E-state index in [0.29, 0.717) is 30.9 Å². The van der Waals surface area contributed by atoms with Crippen molar-refractivity contribution in [3.63, 3.8) is 0 Å². The fourth-order valence-electron chi connectivity index (χ4n) is 3.68. The van der Waals surface area contributed by atoms with Gasteiger partial charge in [-0.2, -0.15) is 0 Å². The molecule has 0 fully saturated rings. The zero-order chi connectivity index (χ0) is 26.8. The second kappa shape index (κ2) is 13.0. The summed E-state index contributed by atoms with van der Waals surface area (Å²) in [5, 5.41) is 5.51. The number of nitrogens with zero attached hydrogens (tertiary/aromatic N) is 1. The van der Waals surface area contributed by atoms with Crippen LogP contribution in [0.15, 0.2) is 83.8 Å². The Labute approximate surface area is 218 Å². The van der Waals surface area contributed by atoms with Gasteiger partial charge in [0.1, 0.15) is 6.54 Å². The molecule has 0 atom stereocenters. The summed E-state index contributed by atoms with van der Waals surface area (Å²) >= 11 is 0. The zero-order valence-electron chi connectivity index (χ0n) is 21.3. The number of ether oxygens (including phenoxy) is 1. The number of carbonyl (C=O) groups is 2. The minimum Gasteiger partial charge on any atom is -0.385 e. The molecule has 0 heterocycles. The predicted molar refractivity (Wildman–Crippen MR) is 145 cm³/mol. The molecule has 9 heteroatoms. The largest absolute Gasteiger partial charge is 0.385 e. The number of hydrogen-bond donors (Lipinski definition) is 2. The van der Waals surface area contributed by atoms with E-state index in [9.17, 15) is 18.0 Å². The molecule has 37 heavy (non-hydrogen) atoms. The number of nitrogens with one attached hydrogen (secondary N) is 2. The molecule has 0 spiro atoms. The molecule has 0 aliphatic carbocycles. The van der Waals surface area contributed by atoms with Gasteiger partial charge in [-0.1, -0.05) is 56.3 Å². The molecule has 196 valence electrons. The van der Waals surface area contributed by atoms with Crippen LogP contribution < -0.4 is 14.9 Å². The van der Waals surface area contributed by atoms with Gasteiger partial charge in [0.25, 0.3) is 15.9 Å². The highest BCUT2D eigenvalue weighted by molar-refractivity contribution is 7.92. The number of para-hydroxylation sites is 1. The Morgan fingerprint density at radius 1 is 0.919 bits per heavy atom. The molecule has 3 rings (SSSR count). The smallest absolute Gasteiger partial charge is 0.264 e. The molecule has 0 saturated heterocycles. The standard InChI is InChI=1S/C28H33N3O5S/c1-21(2)22-14-16-23(17-15-22)31(37(34,35)24-10-5-4-6-11-24)20-27(32)30-26-13-8-7-12-25(26)28(33)29-18-9-19-36-3/h4-8,10-17,21H,9,18-20H2,1-3H3,(H,29,33)(H,30,32). The van der Waals surface area contributed by atoms with Gasteiger partial charge in [0, 0.05) is 20.3 Å². The SMILES string of the molecule is COCCCNC(=O)c1ccccc1NC(=O)CN(c1ccc(C(C)C)cc1)S(=O)(=O)c1ccccc1. The van der Waals surface area contributed by atoms with Crippen LogP contribution in [0.3, 0.4) is 0 Å². The summed E-state index contributed by atoms with van der Waals surface area (Å²) in [5.41, 5.74) is 2.00. The monoisotopic (exact) mass is 523 g/mol. The van der Waals surface area contributed by atoms with Crippen molar-refractivity contribution in [1.29, 1.82) is 0 Å². The van der Waals surface area contributed by atoms with E-state index in [1.165, 1.54) is 12.1 Å².